The number of allylic oxidation sites excluding steroid dienone is 2. The first-order chi connectivity index (χ1) is 4.41. The van der Waals surface area contributed by atoms with Gasteiger partial charge in [-0.05, 0) is 12.5 Å². The van der Waals surface area contributed by atoms with Crippen LogP contribution >= 0.6 is 0 Å². The lowest BCUT2D eigenvalue weighted by molar-refractivity contribution is 1.01. The smallest absolute Gasteiger partial charge is 0.0263 e. The summed E-state index contributed by atoms with van der Waals surface area (Å²) in [5.74, 6) is 0. The molecule has 1 heteroatoms. The SMILES string of the molecule is C=C/C=C\N=CCCC. The van der Waals surface area contributed by atoms with Crippen LogP contribution in [0.1, 0.15) is 19.8 Å². The van der Waals surface area contributed by atoms with Gasteiger partial charge >= 0.3 is 0 Å². The maximum absolute atomic E-state index is 3.97. The Morgan fingerprint density at radius 2 is 2.33 bits per heavy atom. The average Bonchev–Trinajstić information content (AvgIpc) is 1.89. The Morgan fingerprint density at radius 3 is 2.89 bits per heavy atom. The molecular weight excluding hydrogens is 110 g/mol. The summed E-state index contributed by atoms with van der Waals surface area (Å²) in [7, 11) is 0. The van der Waals surface area contributed by atoms with Crippen LogP contribution in [-0.4, -0.2) is 6.21 Å². The van der Waals surface area contributed by atoms with Crippen LogP contribution in [0.3, 0.4) is 0 Å². The van der Waals surface area contributed by atoms with Crippen molar-refractivity contribution in [1.82, 2.24) is 0 Å². The van der Waals surface area contributed by atoms with Crippen LogP contribution in [0.4, 0.5) is 0 Å². The zero-order valence-corrected chi connectivity index (χ0v) is 5.88. The number of hydrogen-bond donors (Lipinski definition) is 0. The Kier molecular flexibility index (Phi) is 6.47. The van der Waals surface area contributed by atoms with E-state index in [-0.39, 0.29) is 0 Å². The second-order valence-corrected chi connectivity index (χ2v) is 1.70. The lowest BCUT2D eigenvalue weighted by Gasteiger charge is -1.78. The van der Waals surface area contributed by atoms with Crippen LogP contribution in [0, 0.1) is 0 Å². The minimum atomic E-state index is 1.06. The van der Waals surface area contributed by atoms with Crippen LogP contribution in [-0.2, 0) is 0 Å². The van der Waals surface area contributed by atoms with E-state index in [0.29, 0.717) is 0 Å². The van der Waals surface area contributed by atoms with Crippen molar-refractivity contribution < 1.29 is 0 Å². The van der Waals surface area contributed by atoms with Crippen molar-refractivity contribution in [2.75, 3.05) is 0 Å². The second-order valence-electron chi connectivity index (χ2n) is 1.70. The van der Waals surface area contributed by atoms with Gasteiger partial charge in [0.2, 0.25) is 0 Å². The highest BCUT2D eigenvalue weighted by atomic mass is 14.7. The zero-order chi connectivity index (χ0) is 6.95. The fraction of sp³-hybridized carbons (Fsp3) is 0.375. The number of aliphatic imine (C=N–C) groups is 1. The molecule has 0 aliphatic heterocycles. The lowest BCUT2D eigenvalue weighted by atomic mass is 10.4. The summed E-state index contributed by atoms with van der Waals surface area (Å²) in [5, 5.41) is 0. The fourth-order valence-electron chi connectivity index (χ4n) is 0.375. The molecule has 9 heavy (non-hydrogen) atoms. The van der Waals surface area contributed by atoms with Gasteiger partial charge in [-0.1, -0.05) is 26.0 Å². The van der Waals surface area contributed by atoms with Crippen molar-refractivity contribution in [3.8, 4) is 0 Å². The first-order valence-electron chi connectivity index (χ1n) is 3.21. The number of unbranched alkanes of at least 4 members (excludes halogenated alkanes) is 1. The van der Waals surface area contributed by atoms with Crippen molar-refractivity contribution >= 4 is 6.21 Å². The largest absolute Gasteiger partial charge is 0.269 e. The fourth-order valence-corrected chi connectivity index (χ4v) is 0.375. The third kappa shape index (κ3) is 7.15. The molecule has 0 aliphatic rings. The molecule has 0 aromatic heterocycles. The van der Waals surface area contributed by atoms with Crippen LogP contribution in [0.15, 0.2) is 29.9 Å². The van der Waals surface area contributed by atoms with Gasteiger partial charge in [0, 0.05) is 12.4 Å². The van der Waals surface area contributed by atoms with E-state index in [1.54, 1.807) is 12.3 Å². The Labute approximate surface area is 56.8 Å². The average molecular weight is 123 g/mol. The minimum absolute atomic E-state index is 1.06. The lowest BCUT2D eigenvalue weighted by Crippen LogP contribution is -1.68. The molecule has 0 amide bonds. The molecule has 0 bridgehead atoms. The molecule has 0 heterocycles. The molecule has 0 radical (unpaired) electrons. The number of hydrogen-bond acceptors (Lipinski definition) is 1. The standard InChI is InChI=1S/C8H13N/c1-3-5-7-9-8-6-4-2/h3,5,7-8H,1,4,6H2,2H3/b7-5-,9-8?. The highest BCUT2D eigenvalue weighted by Gasteiger charge is 1.68. The van der Waals surface area contributed by atoms with E-state index in [0.717, 1.165) is 12.8 Å². The van der Waals surface area contributed by atoms with Gasteiger partial charge in [0.1, 0.15) is 0 Å². The molecular formula is C8H13N. The Hall–Kier alpha value is -0.850. The summed E-state index contributed by atoms with van der Waals surface area (Å²) >= 11 is 0. The van der Waals surface area contributed by atoms with Crippen LogP contribution in [0.25, 0.3) is 0 Å². The topological polar surface area (TPSA) is 12.4 Å². The molecule has 0 spiro atoms. The molecule has 0 saturated carbocycles. The quantitative estimate of drug-likeness (QED) is 0.402. The van der Waals surface area contributed by atoms with Crippen molar-refractivity contribution in [3.63, 3.8) is 0 Å². The highest BCUT2D eigenvalue weighted by molar-refractivity contribution is 5.57. The van der Waals surface area contributed by atoms with Gasteiger partial charge in [-0.15, -0.1) is 0 Å². The highest BCUT2D eigenvalue weighted by Crippen LogP contribution is 1.81. The van der Waals surface area contributed by atoms with Crippen molar-refractivity contribution in [2.45, 2.75) is 19.8 Å². The van der Waals surface area contributed by atoms with Crippen molar-refractivity contribution in [2.24, 2.45) is 4.99 Å². The molecule has 0 aromatic carbocycles. The van der Waals surface area contributed by atoms with Crippen molar-refractivity contribution in [3.05, 3.63) is 24.9 Å². The third-order valence-electron chi connectivity index (χ3n) is 0.831. The molecule has 0 saturated heterocycles. The molecule has 0 atom stereocenters. The Bertz CT molecular complexity index is 112. The number of rotatable bonds is 4. The maximum atomic E-state index is 3.97. The van der Waals surface area contributed by atoms with Gasteiger partial charge in [0.15, 0.2) is 0 Å². The molecule has 0 N–H and O–H groups in total. The zero-order valence-electron chi connectivity index (χ0n) is 5.88. The van der Waals surface area contributed by atoms with E-state index < -0.39 is 0 Å². The van der Waals surface area contributed by atoms with Gasteiger partial charge in [0.05, 0.1) is 0 Å². The first kappa shape index (κ1) is 8.15. The van der Waals surface area contributed by atoms with Gasteiger partial charge in [-0.25, -0.2) is 0 Å². The summed E-state index contributed by atoms with van der Waals surface area (Å²) in [4.78, 5) is 3.97. The predicted octanol–water partition coefficient (Wildman–Crippen LogP) is 2.56. The third-order valence-corrected chi connectivity index (χ3v) is 0.831. The summed E-state index contributed by atoms with van der Waals surface area (Å²) in [6, 6.07) is 0. The molecule has 0 aliphatic carbocycles. The van der Waals surface area contributed by atoms with E-state index in [1.807, 2.05) is 12.3 Å². The van der Waals surface area contributed by atoms with Crippen LogP contribution in [0.2, 0.25) is 0 Å². The molecule has 0 rings (SSSR count). The Balaban J connectivity index is 3.23. The number of nitrogens with zero attached hydrogens (tertiary/aromatic N) is 1. The molecule has 0 aromatic rings. The summed E-state index contributed by atoms with van der Waals surface area (Å²) in [6.45, 7) is 5.65. The summed E-state index contributed by atoms with van der Waals surface area (Å²) in [6.07, 6.45) is 9.38. The van der Waals surface area contributed by atoms with E-state index >= 15 is 0 Å². The molecule has 0 unspecified atom stereocenters. The van der Waals surface area contributed by atoms with E-state index in [2.05, 4.69) is 18.5 Å². The monoisotopic (exact) mass is 123 g/mol. The molecule has 0 fully saturated rings. The van der Waals surface area contributed by atoms with Crippen LogP contribution in [0.5, 0.6) is 0 Å². The molecule has 1 nitrogen and oxygen atoms in total. The van der Waals surface area contributed by atoms with Crippen LogP contribution < -0.4 is 0 Å². The van der Waals surface area contributed by atoms with Gasteiger partial charge in [-0.2, -0.15) is 0 Å². The summed E-state index contributed by atoms with van der Waals surface area (Å²) in [5.41, 5.74) is 0. The van der Waals surface area contributed by atoms with E-state index in [1.165, 1.54) is 0 Å². The second kappa shape index (κ2) is 7.15. The predicted molar refractivity (Wildman–Crippen MR) is 42.7 cm³/mol. The van der Waals surface area contributed by atoms with Crippen molar-refractivity contribution in [1.29, 1.82) is 0 Å². The molecule has 50 valence electrons. The van der Waals surface area contributed by atoms with E-state index in [4.69, 9.17) is 0 Å². The van der Waals surface area contributed by atoms with Gasteiger partial charge in [-0.3, -0.25) is 4.99 Å². The first-order valence-corrected chi connectivity index (χ1v) is 3.21. The van der Waals surface area contributed by atoms with E-state index in [9.17, 15) is 0 Å². The van der Waals surface area contributed by atoms with Gasteiger partial charge < -0.3 is 0 Å². The maximum Gasteiger partial charge on any atom is 0.0263 e. The summed E-state index contributed by atoms with van der Waals surface area (Å²) < 4.78 is 0. The Morgan fingerprint density at radius 1 is 1.56 bits per heavy atom. The normalized spacial score (nSPS) is 11.2. The van der Waals surface area contributed by atoms with Gasteiger partial charge in [0.25, 0.3) is 0 Å². The minimum Gasteiger partial charge on any atom is -0.269 e.